The first-order chi connectivity index (χ1) is 15.0. The van der Waals surface area contributed by atoms with E-state index < -0.39 is 0 Å². The number of nitrogens with zero attached hydrogens (tertiary/aromatic N) is 3. The molecule has 1 heterocycles. The lowest BCUT2D eigenvalue weighted by Gasteiger charge is -2.14. The Hall–Kier alpha value is -3.31. The van der Waals surface area contributed by atoms with Crippen LogP contribution < -0.4 is 19.8 Å². The Bertz CT molecular complexity index is 1200. The summed E-state index contributed by atoms with van der Waals surface area (Å²) in [6, 6.07) is 8.89. The minimum absolute atomic E-state index is 0.0776. The highest BCUT2D eigenvalue weighted by molar-refractivity contribution is 9.10. The number of hydrogen-bond donors (Lipinski definition) is 0. The van der Waals surface area contributed by atoms with Crippen LogP contribution in [0.25, 0.3) is 10.9 Å². The van der Waals surface area contributed by atoms with Gasteiger partial charge in [-0.1, -0.05) is 28.8 Å². The van der Waals surface area contributed by atoms with Gasteiger partial charge in [0.05, 0.1) is 31.3 Å². The number of hydrogen-bond acceptors (Lipinski definition) is 6. The zero-order chi connectivity index (χ0) is 22.4. The summed E-state index contributed by atoms with van der Waals surface area (Å²) in [4.78, 5) is 17.8. The molecule has 3 rings (SSSR count). The monoisotopic (exact) mass is 483 g/mol. The van der Waals surface area contributed by atoms with Crippen LogP contribution in [0.5, 0.6) is 17.2 Å². The van der Waals surface area contributed by atoms with Gasteiger partial charge in [-0.3, -0.25) is 4.79 Å². The molecular weight excluding hydrogens is 462 g/mol. The topological polar surface area (TPSA) is 74.9 Å². The third-order valence-corrected chi connectivity index (χ3v) is 4.95. The largest absolute Gasteiger partial charge is 0.493 e. The van der Waals surface area contributed by atoms with E-state index in [0.29, 0.717) is 46.0 Å². The van der Waals surface area contributed by atoms with Gasteiger partial charge in [-0.05, 0) is 36.8 Å². The molecule has 31 heavy (non-hydrogen) atoms. The molecule has 0 saturated heterocycles. The van der Waals surface area contributed by atoms with Crippen LogP contribution in [0, 0.1) is 12.3 Å². The van der Waals surface area contributed by atoms with Crippen LogP contribution in [0.2, 0.25) is 0 Å². The van der Waals surface area contributed by atoms with Gasteiger partial charge in [-0.2, -0.15) is 9.78 Å². The standard InChI is InChI=1S/C23H22BrN3O4/c1-5-7-21-26-18-9-8-16(24)13-17(18)23(28)27(21)25-14-15-11-19(29-3)22(31-10-6-2)20(12-15)30-4/h2,8-9,11-14H,5,7,10H2,1,3-4H3. The zero-order valence-electron chi connectivity index (χ0n) is 17.5. The second kappa shape index (κ2) is 10.1. The summed E-state index contributed by atoms with van der Waals surface area (Å²) >= 11 is 3.41. The van der Waals surface area contributed by atoms with E-state index in [0.717, 1.165) is 10.9 Å². The summed E-state index contributed by atoms with van der Waals surface area (Å²) in [6.07, 6.45) is 8.28. The van der Waals surface area contributed by atoms with Crippen molar-refractivity contribution in [1.82, 2.24) is 9.66 Å². The summed E-state index contributed by atoms with van der Waals surface area (Å²) in [6.45, 7) is 2.10. The van der Waals surface area contributed by atoms with E-state index in [2.05, 4.69) is 31.9 Å². The van der Waals surface area contributed by atoms with Gasteiger partial charge < -0.3 is 14.2 Å². The molecule has 0 N–H and O–H groups in total. The molecule has 0 spiro atoms. The molecular formula is C23H22BrN3O4. The molecule has 0 fully saturated rings. The summed E-state index contributed by atoms with van der Waals surface area (Å²) in [5.74, 6) is 4.29. The van der Waals surface area contributed by atoms with Gasteiger partial charge in [-0.25, -0.2) is 4.98 Å². The van der Waals surface area contributed by atoms with Gasteiger partial charge in [0.1, 0.15) is 12.4 Å². The number of aryl methyl sites for hydroxylation is 1. The fraction of sp³-hybridized carbons (Fsp3) is 0.261. The van der Waals surface area contributed by atoms with Gasteiger partial charge in [-0.15, -0.1) is 6.42 Å². The van der Waals surface area contributed by atoms with E-state index in [4.69, 9.17) is 20.6 Å². The fourth-order valence-electron chi connectivity index (χ4n) is 3.05. The molecule has 0 aliphatic carbocycles. The first-order valence-electron chi connectivity index (χ1n) is 9.60. The van der Waals surface area contributed by atoms with Gasteiger partial charge in [0.25, 0.3) is 5.56 Å². The highest BCUT2D eigenvalue weighted by Crippen LogP contribution is 2.38. The van der Waals surface area contributed by atoms with Crippen molar-refractivity contribution in [2.24, 2.45) is 5.10 Å². The predicted octanol–water partition coefficient (Wildman–Crippen LogP) is 4.02. The molecule has 3 aromatic rings. The van der Waals surface area contributed by atoms with Gasteiger partial charge in [0.15, 0.2) is 11.5 Å². The summed E-state index contributed by atoms with van der Waals surface area (Å²) in [5, 5.41) is 4.92. The number of halogens is 1. The van der Waals surface area contributed by atoms with Crippen molar-refractivity contribution < 1.29 is 14.2 Å². The quantitative estimate of drug-likeness (QED) is 0.357. The van der Waals surface area contributed by atoms with Crippen LogP contribution in [-0.2, 0) is 6.42 Å². The SMILES string of the molecule is C#CCOc1c(OC)cc(C=Nn2c(CCC)nc3ccc(Br)cc3c2=O)cc1OC. The molecule has 7 nitrogen and oxygen atoms in total. The summed E-state index contributed by atoms with van der Waals surface area (Å²) < 4.78 is 18.5. The van der Waals surface area contributed by atoms with Crippen LogP contribution in [0.15, 0.2) is 44.7 Å². The average molecular weight is 484 g/mol. The summed E-state index contributed by atoms with van der Waals surface area (Å²) in [5.41, 5.74) is 1.06. The molecule has 0 atom stereocenters. The van der Waals surface area contributed by atoms with E-state index in [-0.39, 0.29) is 12.2 Å². The number of benzene rings is 2. The Kier molecular flexibility index (Phi) is 7.32. The highest BCUT2D eigenvalue weighted by atomic mass is 79.9. The Balaban J connectivity index is 2.10. The minimum Gasteiger partial charge on any atom is -0.493 e. The van der Waals surface area contributed by atoms with Gasteiger partial charge >= 0.3 is 0 Å². The Morgan fingerprint density at radius 1 is 1.23 bits per heavy atom. The number of rotatable bonds is 8. The Morgan fingerprint density at radius 2 is 1.94 bits per heavy atom. The zero-order valence-corrected chi connectivity index (χ0v) is 19.1. The Labute approximate surface area is 188 Å². The lowest BCUT2D eigenvalue weighted by atomic mass is 10.2. The first kappa shape index (κ1) is 22.4. The molecule has 8 heteroatoms. The summed E-state index contributed by atoms with van der Waals surface area (Å²) in [7, 11) is 3.04. The molecule has 0 saturated carbocycles. The second-order valence-corrected chi connectivity index (χ2v) is 7.46. The number of ether oxygens (including phenoxy) is 3. The van der Waals surface area contributed by atoms with E-state index in [1.807, 2.05) is 19.1 Å². The highest BCUT2D eigenvalue weighted by Gasteiger charge is 2.14. The normalized spacial score (nSPS) is 10.9. The third kappa shape index (κ3) is 4.89. The second-order valence-electron chi connectivity index (χ2n) is 6.55. The van der Waals surface area contributed by atoms with Crippen molar-refractivity contribution in [2.45, 2.75) is 19.8 Å². The average Bonchev–Trinajstić information content (AvgIpc) is 2.77. The van der Waals surface area contributed by atoms with E-state index in [1.54, 1.807) is 24.4 Å². The molecule has 160 valence electrons. The fourth-order valence-corrected chi connectivity index (χ4v) is 3.42. The van der Waals surface area contributed by atoms with Crippen LogP contribution >= 0.6 is 15.9 Å². The first-order valence-corrected chi connectivity index (χ1v) is 10.4. The van der Waals surface area contributed by atoms with Crippen molar-refractivity contribution >= 4 is 33.0 Å². The van der Waals surface area contributed by atoms with Crippen molar-refractivity contribution in [3.8, 4) is 29.6 Å². The molecule has 1 aromatic heterocycles. The molecule has 0 unspecified atom stereocenters. The number of aromatic nitrogens is 2. The molecule has 0 aliphatic heterocycles. The van der Waals surface area contributed by atoms with Crippen molar-refractivity contribution in [3.05, 3.63) is 56.5 Å². The molecule has 0 bridgehead atoms. The molecule has 2 aromatic carbocycles. The number of methoxy groups -OCH3 is 2. The van der Waals surface area contributed by atoms with Crippen LogP contribution in [0.3, 0.4) is 0 Å². The van der Waals surface area contributed by atoms with Crippen LogP contribution in [0.4, 0.5) is 0 Å². The maximum Gasteiger partial charge on any atom is 0.282 e. The van der Waals surface area contributed by atoms with Crippen molar-refractivity contribution in [1.29, 1.82) is 0 Å². The number of terminal acetylenes is 1. The predicted molar refractivity (Wildman–Crippen MR) is 125 cm³/mol. The maximum absolute atomic E-state index is 13.1. The molecule has 0 radical (unpaired) electrons. The number of fused-ring (bicyclic) bond motifs is 1. The molecule has 0 amide bonds. The van der Waals surface area contributed by atoms with E-state index in [9.17, 15) is 4.79 Å². The van der Waals surface area contributed by atoms with Crippen LogP contribution in [0.1, 0.15) is 24.7 Å². The lowest BCUT2D eigenvalue weighted by Crippen LogP contribution is -2.22. The van der Waals surface area contributed by atoms with Gasteiger partial charge in [0, 0.05) is 16.5 Å². The van der Waals surface area contributed by atoms with Crippen molar-refractivity contribution in [2.75, 3.05) is 20.8 Å². The lowest BCUT2D eigenvalue weighted by molar-refractivity contribution is 0.304. The van der Waals surface area contributed by atoms with E-state index >= 15 is 0 Å². The Morgan fingerprint density at radius 3 is 2.55 bits per heavy atom. The third-order valence-electron chi connectivity index (χ3n) is 4.45. The molecule has 0 aliphatic rings. The van der Waals surface area contributed by atoms with Gasteiger partial charge in [0.2, 0.25) is 5.75 Å². The van der Waals surface area contributed by atoms with Crippen molar-refractivity contribution in [3.63, 3.8) is 0 Å². The van der Waals surface area contributed by atoms with Crippen LogP contribution in [-0.4, -0.2) is 36.7 Å². The van der Waals surface area contributed by atoms with E-state index in [1.165, 1.54) is 18.9 Å². The smallest absolute Gasteiger partial charge is 0.282 e. The maximum atomic E-state index is 13.1. The minimum atomic E-state index is -0.237.